The maximum Gasteiger partial charge on any atom is 0.264 e. The van der Waals surface area contributed by atoms with Crippen LogP contribution >= 0.6 is 0 Å². The second-order valence-corrected chi connectivity index (χ2v) is 9.21. The van der Waals surface area contributed by atoms with Gasteiger partial charge >= 0.3 is 0 Å². The minimum atomic E-state index is -3.51. The number of piperidine rings is 1. The lowest BCUT2D eigenvalue weighted by molar-refractivity contribution is -0.120. The SMILES string of the molecule is O=C(COc1ccccc1F)N1CCc2cc(S(=O)(=O)N3CCCCC3)ccc21. The van der Waals surface area contributed by atoms with Crippen LogP contribution in [0.2, 0.25) is 0 Å². The Balaban J connectivity index is 1.48. The summed E-state index contributed by atoms with van der Waals surface area (Å²) < 4.78 is 46.3. The van der Waals surface area contributed by atoms with Crippen molar-refractivity contribution in [3.8, 4) is 5.75 Å². The first-order valence-electron chi connectivity index (χ1n) is 9.77. The fourth-order valence-corrected chi connectivity index (χ4v) is 5.40. The first-order chi connectivity index (χ1) is 14.0. The van der Waals surface area contributed by atoms with E-state index in [0.29, 0.717) is 31.7 Å². The van der Waals surface area contributed by atoms with Crippen molar-refractivity contribution >= 4 is 21.6 Å². The van der Waals surface area contributed by atoms with Gasteiger partial charge in [-0.05, 0) is 55.2 Å². The van der Waals surface area contributed by atoms with Crippen LogP contribution in [0, 0.1) is 5.82 Å². The third-order valence-corrected chi connectivity index (χ3v) is 7.28. The summed E-state index contributed by atoms with van der Waals surface area (Å²) in [7, 11) is -3.51. The van der Waals surface area contributed by atoms with Gasteiger partial charge in [0.1, 0.15) is 0 Å². The third kappa shape index (κ3) is 4.00. The Bertz CT molecular complexity index is 1020. The number of para-hydroxylation sites is 1. The zero-order valence-corrected chi connectivity index (χ0v) is 16.8. The average molecular weight is 418 g/mol. The molecular formula is C21H23FN2O4S. The Hall–Kier alpha value is -2.45. The van der Waals surface area contributed by atoms with Gasteiger partial charge in [-0.1, -0.05) is 18.6 Å². The first kappa shape index (κ1) is 19.8. The molecule has 4 rings (SSSR count). The van der Waals surface area contributed by atoms with Crippen LogP contribution in [-0.4, -0.2) is 44.9 Å². The summed E-state index contributed by atoms with van der Waals surface area (Å²) in [6.45, 7) is 1.27. The third-order valence-electron chi connectivity index (χ3n) is 5.39. The van der Waals surface area contributed by atoms with Crippen LogP contribution in [0.25, 0.3) is 0 Å². The molecule has 0 bridgehead atoms. The highest BCUT2D eigenvalue weighted by Gasteiger charge is 2.30. The quantitative estimate of drug-likeness (QED) is 0.749. The molecule has 2 aromatic rings. The standard InChI is InChI=1S/C21H23FN2O4S/c22-18-6-2-3-7-20(18)28-15-21(25)24-13-10-16-14-17(8-9-19(16)24)29(26,27)23-11-4-1-5-12-23/h2-3,6-9,14H,1,4-5,10-13,15H2. The summed E-state index contributed by atoms with van der Waals surface area (Å²) in [5.74, 6) is -0.781. The van der Waals surface area contributed by atoms with E-state index in [4.69, 9.17) is 4.74 Å². The van der Waals surface area contributed by atoms with Crippen molar-refractivity contribution < 1.29 is 22.3 Å². The van der Waals surface area contributed by atoms with Gasteiger partial charge in [0.25, 0.3) is 5.91 Å². The molecule has 1 fully saturated rings. The molecular weight excluding hydrogens is 395 g/mol. The Morgan fingerprint density at radius 3 is 2.55 bits per heavy atom. The van der Waals surface area contributed by atoms with Crippen molar-refractivity contribution in [2.24, 2.45) is 0 Å². The van der Waals surface area contributed by atoms with Crippen molar-refractivity contribution in [1.29, 1.82) is 0 Å². The van der Waals surface area contributed by atoms with E-state index in [2.05, 4.69) is 0 Å². The fourth-order valence-electron chi connectivity index (χ4n) is 3.83. The molecule has 1 saturated heterocycles. The summed E-state index contributed by atoms with van der Waals surface area (Å²) in [4.78, 5) is 14.4. The van der Waals surface area contributed by atoms with Crippen molar-refractivity contribution in [3.63, 3.8) is 0 Å². The molecule has 0 aliphatic carbocycles. The molecule has 0 N–H and O–H groups in total. The minimum Gasteiger partial charge on any atom is -0.481 e. The molecule has 2 aliphatic heterocycles. The van der Waals surface area contributed by atoms with Crippen molar-refractivity contribution in [3.05, 3.63) is 53.8 Å². The van der Waals surface area contributed by atoms with E-state index in [9.17, 15) is 17.6 Å². The molecule has 154 valence electrons. The van der Waals surface area contributed by atoms with Crippen LogP contribution in [0.5, 0.6) is 5.75 Å². The van der Waals surface area contributed by atoms with Crippen molar-refractivity contribution in [1.82, 2.24) is 4.31 Å². The van der Waals surface area contributed by atoms with E-state index in [0.717, 1.165) is 24.8 Å². The van der Waals surface area contributed by atoms with Gasteiger partial charge in [-0.2, -0.15) is 4.31 Å². The summed E-state index contributed by atoms with van der Waals surface area (Å²) >= 11 is 0. The lowest BCUT2D eigenvalue weighted by Gasteiger charge is -2.26. The summed E-state index contributed by atoms with van der Waals surface area (Å²) in [6.07, 6.45) is 3.40. The molecule has 0 unspecified atom stereocenters. The number of rotatable bonds is 5. The van der Waals surface area contributed by atoms with E-state index < -0.39 is 15.8 Å². The molecule has 0 spiro atoms. The van der Waals surface area contributed by atoms with Gasteiger partial charge in [0.15, 0.2) is 18.2 Å². The van der Waals surface area contributed by atoms with Crippen LogP contribution in [0.1, 0.15) is 24.8 Å². The predicted octanol–water partition coefficient (Wildman–Crippen LogP) is 2.97. The summed E-state index contributed by atoms with van der Waals surface area (Å²) in [5.41, 5.74) is 1.51. The Morgan fingerprint density at radius 2 is 1.79 bits per heavy atom. The van der Waals surface area contributed by atoms with Gasteiger partial charge in [0.05, 0.1) is 4.90 Å². The number of nitrogens with zero attached hydrogens (tertiary/aromatic N) is 2. The number of amides is 1. The number of hydrogen-bond donors (Lipinski definition) is 0. The number of halogens is 1. The Kier molecular flexibility index (Phi) is 5.56. The van der Waals surface area contributed by atoms with Gasteiger partial charge in [-0.3, -0.25) is 4.79 Å². The number of benzene rings is 2. The molecule has 0 atom stereocenters. The zero-order chi connectivity index (χ0) is 20.4. The lowest BCUT2D eigenvalue weighted by atomic mass is 10.2. The van der Waals surface area contributed by atoms with Crippen molar-refractivity contribution in [2.45, 2.75) is 30.6 Å². The maximum absolute atomic E-state index is 13.7. The van der Waals surface area contributed by atoms with Crippen LogP contribution in [-0.2, 0) is 21.2 Å². The molecule has 0 aromatic heterocycles. The van der Waals surface area contributed by atoms with Gasteiger partial charge < -0.3 is 9.64 Å². The van der Waals surface area contributed by atoms with E-state index >= 15 is 0 Å². The van der Waals surface area contributed by atoms with Crippen LogP contribution < -0.4 is 9.64 Å². The number of fused-ring (bicyclic) bond motifs is 1. The van der Waals surface area contributed by atoms with E-state index in [1.165, 1.54) is 12.1 Å². The lowest BCUT2D eigenvalue weighted by Crippen LogP contribution is -2.35. The minimum absolute atomic E-state index is 0.0308. The smallest absolute Gasteiger partial charge is 0.264 e. The Morgan fingerprint density at radius 1 is 1.03 bits per heavy atom. The molecule has 8 heteroatoms. The Labute approximate surface area is 169 Å². The highest BCUT2D eigenvalue weighted by molar-refractivity contribution is 7.89. The molecule has 0 radical (unpaired) electrons. The molecule has 0 saturated carbocycles. The summed E-state index contributed by atoms with van der Waals surface area (Å²) in [5, 5.41) is 0. The van der Waals surface area contributed by atoms with Crippen LogP contribution in [0.15, 0.2) is 47.4 Å². The second kappa shape index (κ2) is 8.12. The number of carbonyl (C=O) groups is 1. The van der Waals surface area contributed by atoms with Gasteiger partial charge in [-0.15, -0.1) is 0 Å². The van der Waals surface area contributed by atoms with Crippen LogP contribution in [0.4, 0.5) is 10.1 Å². The van der Waals surface area contributed by atoms with Crippen molar-refractivity contribution in [2.75, 3.05) is 31.1 Å². The highest BCUT2D eigenvalue weighted by Crippen LogP contribution is 2.32. The molecule has 29 heavy (non-hydrogen) atoms. The maximum atomic E-state index is 13.7. The number of ether oxygens (including phenoxy) is 1. The molecule has 2 aliphatic rings. The zero-order valence-electron chi connectivity index (χ0n) is 16.0. The summed E-state index contributed by atoms with van der Waals surface area (Å²) in [6, 6.07) is 10.8. The number of sulfonamides is 1. The van der Waals surface area contributed by atoms with E-state index in [1.54, 1.807) is 39.5 Å². The van der Waals surface area contributed by atoms with E-state index in [1.807, 2.05) is 0 Å². The second-order valence-electron chi connectivity index (χ2n) is 7.27. The predicted molar refractivity (Wildman–Crippen MR) is 107 cm³/mol. The monoisotopic (exact) mass is 418 g/mol. The normalized spacial score (nSPS) is 17.2. The topological polar surface area (TPSA) is 66.9 Å². The van der Waals surface area contributed by atoms with Gasteiger partial charge in [0.2, 0.25) is 10.0 Å². The van der Waals surface area contributed by atoms with E-state index in [-0.39, 0.29) is 23.2 Å². The molecule has 2 heterocycles. The highest BCUT2D eigenvalue weighted by atomic mass is 32.2. The van der Waals surface area contributed by atoms with Gasteiger partial charge in [-0.25, -0.2) is 12.8 Å². The largest absolute Gasteiger partial charge is 0.481 e. The number of hydrogen-bond acceptors (Lipinski definition) is 4. The molecule has 1 amide bonds. The molecule has 2 aromatic carbocycles. The fraction of sp³-hybridized carbons (Fsp3) is 0.381. The van der Waals surface area contributed by atoms with Crippen LogP contribution in [0.3, 0.4) is 0 Å². The van der Waals surface area contributed by atoms with Gasteiger partial charge in [0, 0.05) is 25.3 Å². The average Bonchev–Trinajstić information content (AvgIpc) is 3.17. The number of anilines is 1. The molecule has 6 nitrogen and oxygen atoms in total. The first-order valence-corrected chi connectivity index (χ1v) is 11.2. The number of carbonyl (C=O) groups excluding carboxylic acids is 1.